The van der Waals surface area contributed by atoms with Crippen LogP contribution in [0.15, 0.2) is 42.5 Å². The Morgan fingerprint density at radius 3 is 2.17 bits per heavy atom. The third-order valence-electron chi connectivity index (χ3n) is 4.73. The van der Waals surface area contributed by atoms with Crippen LogP contribution >= 0.6 is 0 Å². The number of fused-ring (bicyclic) bond motifs is 1. The first-order valence-electron chi connectivity index (χ1n) is 8.97. The van der Waals surface area contributed by atoms with Gasteiger partial charge >= 0.3 is 5.97 Å². The lowest BCUT2D eigenvalue weighted by molar-refractivity contribution is -0.168. The molecule has 1 heterocycles. The molecule has 1 aromatic carbocycles. The minimum Gasteiger partial charge on any atom is -0.493 e. The van der Waals surface area contributed by atoms with Crippen LogP contribution in [0.25, 0.3) is 11.1 Å². The molecular weight excluding hydrogens is 376 g/mol. The Bertz CT molecular complexity index is 941. The number of carboxylic acid groups (broad SMARTS) is 1. The van der Waals surface area contributed by atoms with Crippen LogP contribution in [0.3, 0.4) is 0 Å². The Balaban J connectivity index is 0.000000334. The number of ether oxygens (including phenoxy) is 2. The first-order valence-corrected chi connectivity index (χ1v) is 8.97. The summed E-state index contributed by atoms with van der Waals surface area (Å²) in [6.07, 6.45) is 0. The van der Waals surface area contributed by atoms with Crippen LogP contribution in [0.4, 0.5) is 0 Å². The summed E-state index contributed by atoms with van der Waals surface area (Å²) < 4.78 is 10.3. The molecule has 29 heavy (non-hydrogen) atoms. The summed E-state index contributed by atoms with van der Waals surface area (Å²) in [6.45, 7) is 1.34. The minimum atomic E-state index is -1.16. The molecule has 0 saturated carbocycles. The van der Waals surface area contributed by atoms with Crippen molar-refractivity contribution in [2.24, 2.45) is 0 Å². The van der Waals surface area contributed by atoms with Gasteiger partial charge in [0.2, 0.25) is 11.8 Å². The number of rotatable bonds is 6. The Morgan fingerprint density at radius 1 is 1.07 bits per heavy atom. The molecule has 0 bridgehead atoms. The number of β-lactam (4-membered cyclic amide) rings is 1. The molecule has 1 aromatic rings. The number of nitrogens with zero attached hydrogens (tertiary/aromatic N) is 1. The summed E-state index contributed by atoms with van der Waals surface area (Å²) in [5, 5.41) is 11.6. The van der Waals surface area contributed by atoms with E-state index in [1.165, 1.54) is 37.2 Å². The lowest BCUT2D eigenvalue weighted by Gasteiger charge is -2.44. The van der Waals surface area contributed by atoms with Crippen molar-refractivity contribution >= 4 is 17.8 Å². The van der Waals surface area contributed by atoms with E-state index < -0.39 is 29.9 Å². The Hall–Kier alpha value is -3.55. The van der Waals surface area contributed by atoms with E-state index in [2.05, 4.69) is 29.6 Å². The summed E-state index contributed by atoms with van der Waals surface area (Å²) in [4.78, 5) is 35.7. The molecule has 1 aliphatic heterocycles. The summed E-state index contributed by atoms with van der Waals surface area (Å²) in [5.74, 6) is -1.01. The SMILES string of the molecule is COc1ccc(CN2C(=O)C(NC(C)=O)C2C(=O)O)cc1OC.c1cc2cc-2c1. The van der Waals surface area contributed by atoms with E-state index in [1.54, 1.807) is 18.2 Å². The maximum Gasteiger partial charge on any atom is 0.329 e. The normalized spacial score (nSPS) is 18.0. The monoisotopic (exact) mass is 398 g/mol. The van der Waals surface area contributed by atoms with Crippen molar-refractivity contribution in [2.45, 2.75) is 25.6 Å². The molecule has 8 nitrogen and oxygen atoms in total. The lowest BCUT2D eigenvalue weighted by atomic mass is 9.94. The van der Waals surface area contributed by atoms with Gasteiger partial charge in [0.05, 0.1) is 14.2 Å². The molecule has 8 heteroatoms. The smallest absolute Gasteiger partial charge is 0.329 e. The van der Waals surface area contributed by atoms with Crippen LogP contribution in [0.5, 0.6) is 11.5 Å². The summed E-state index contributed by atoms with van der Waals surface area (Å²) in [5.41, 5.74) is 3.55. The van der Waals surface area contributed by atoms with E-state index in [1.807, 2.05) is 0 Å². The highest BCUT2D eigenvalue weighted by molar-refractivity contribution is 6.01. The molecule has 2 unspecified atom stereocenters. The molecule has 2 N–H and O–H groups in total. The Kier molecular flexibility index (Phi) is 5.72. The van der Waals surface area contributed by atoms with E-state index in [-0.39, 0.29) is 6.54 Å². The van der Waals surface area contributed by atoms with E-state index in [4.69, 9.17) is 9.47 Å². The minimum absolute atomic E-state index is 0.103. The van der Waals surface area contributed by atoms with Gasteiger partial charge in [0, 0.05) is 13.5 Å². The highest BCUT2D eigenvalue weighted by Crippen LogP contribution is 2.32. The van der Waals surface area contributed by atoms with Gasteiger partial charge in [-0.1, -0.05) is 24.3 Å². The quantitative estimate of drug-likeness (QED) is 0.612. The van der Waals surface area contributed by atoms with Gasteiger partial charge < -0.3 is 24.8 Å². The number of carboxylic acids is 1. The molecule has 1 fully saturated rings. The van der Waals surface area contributed by atoms with Gasteiger partial charge in [0.25, 0.3) is 0 Å². The first kappa shape index (κ1) is 20.2. The van der Waals surface area contributed by atoms with Crippen molar-refractivity contribution in [3.63, 3.8) is 0 Å². The maximum absolute atomic E-state index is 12.1. The van der Waals surface area contributed by atoms with E-state index >= 15 is 0 Å². The molecule has 3 aliphatic rings. The number of carbonyl (C=O) groups excluding carboxylic acids is 2. The zero-order chi connectivity index (χ0) is 21.1. The van der Waals surface area contributed by atoms with Gasteiger partial charge in [-0.25, -0.2) is 4.79 Å². The third-order valence-corrected chi connectivity index (χ3v) is 4.73. The van der Waals surface area contributed by atoms with E-state index in [9.17, 15) is 19.5 Å². The van der Waals surface area contributed by atoms with Crippen LogP contribution in [-0.4, -0.2) is 54.1 Å². The summed E-state index contributed by atoms with van der Waals surface area (Å²) in [6, 6.07) is 11.5. The van der Waals surface area contributed by atoms with Crippen molar-refractivity contribution in [1.29, 1.82) is 0 Å². The molecule has 0 aromatic heterocycles. The van der Waals surface area contributed by atoms with Crippen molar-refractivity contribution in [1.82, 2.24) is 10.2 Å². The van der Waals surface area contributed by atoms with Crippen LogP contribution in [0.2, 0.25) is 0 Å². The van der Waals surface area contributed by atoms with Crippen molar-refractivity contribution < 1.29 is 29.0 Å². The molecular formula is C21H22N2O6. The molecule has 4 rings (SSSR count). The van der Waals surface area contributed by atoms with Gasteiger partial charge in [-0.15, -0.1) is 0 Å². The van der Waals surface area contributed by atoms with E-state index in [0.717, 1.165) is 0 Å². The maximum atomic E-state index is 12.1. The topological polar surface area (TPSA) is 105 Å². The average Bonchev–Trinajstić information content (AvgIpc) is 3.30. The zero-order valence-corrected chi connectivity index (χ0v) is 16.3. The molecule has 2 aliphatic carbocycles. The molecule has 152 valence electrons. The third kappa shape index (κ3) is 4.31. The molecule has 0 radical (unpaired) electrons. The number of methoxy groups -OCH3 is 2. The van der Waals surface area contributed by atoms with Crippen LogP contribution in [-0.2, 0) is 20.9 Å². The second-order valence-corrected chi connectivity index (χ2v) is 6.70. The fraction of sp³-hybridized carbons (Fsp3) is 0.286. The van der Waals surface area contributed by atoms with Gasteiger partial charge in [0.15, 0.2) is 17.5 Å². The van der Waals surface area contributed by atoms with Gasteiger partial charge in [0.1, 0.15) is 6.04 Å². The highest BCUT2D eigenvalue weighted by atomic mass is 16.5. The van der Waals surface area contributed by atoms with E-state index in [0.29, 0.717) is 17.1 Å². The number of nitrogens with one attached hydrogen (secondary N) is 1. The zero-order valence-electron chi connectivity index (χ0n) is 16.3. The fourth-order valence-electron chi connectivity index (χ4n) is 3.21. The van der Waals surface area contributed by atoms with Crippen LogP contribution in [0.1, 0.15) is 12.5 Å². The van der Waals surface area contributed by atoms with Crippen LogP contribution in [0, 0.1) is 0 Å². The van der Waals surface area contributed by atoms with Crippen molar-refractivity contribution in [2.75, 3.05) is 14.2 Å². The number of carbonyl (C=O) groups is 3. The predicted molar refractivity (Wildman–Crippen MR) is 105 cm³/mol. The van der Waals surface area contributed by atoms with Crippen molar-refractivity contribution in [3.8, 4) is 22.6 Å². The number of hydrogen-bond acceptors (Lipinski definition) is 5. The summed E-state index contributed by atoms with van der Waals surface area (Å²) in [7, 11) is 3.00. The predicted octanol–water partition coefficient (Wildman–Crippen LogP) is 1.67. The average molecular weight is 398 g/mol. The van der Waals surface area contributed by atoms with Gasteiger partial charge in [-0.3, -0.25) is 9.59 Å². The largest absolute Gasteiger partial charge is 0.493 e. The number of hydrogen-bond donors (Lipinski definition) is 2. The molecule has 0 spiro atoms. The fourth-order valence-corrected chi connectivity index (χ4v) is 3.21. The Labute approximate surface area is 168 Å². The first-order chi connectivity index (χ1) is 13.8. The molecule has 2 atom stereocenters. The number of aliphatic carboxylic acids is 1. The second-order valence-electron chi connectivity index (χ2n) is 6.70. The molecule has 2 amide bonds. The van der Waals surface area contributed by atoms with Gasteiger partial charge in [-0.05, 0) is 34.9 Å². The van der Waals surface area contributed by atoms with Gasteiger partial charge in [-0.2, -0.15) is 0 Å². The second kappa shape index (κ2) is 8.22. The van der Waals surface area contributed by atoms with Crippen molar-refractivity contribution in [3.05, 3.63) is 48.0 Å². The lowest BCUT2D eigenvalue weighted by Crippen LogP contribution is -2.72. The number of benzene rings is 2. The van der Waals surface area contributed by atoms with Crippen LogP contribution < -0.4 is 14.8 Å². The summed E-state index contributed by atoms with van der Waals surface area (Å²) >= 11 is 0. The standard InChI is InChI=1S/C15H18N2O6.C6H4/c1-8(18)16-12-13(15(20)21)17(14(12)19)7-9-4-5-10(22-2)11(6-9)23-3;1-2-5-4-6(5)3-1/h4-6,12-13H,7H2,1-3H3,(H,16,18)(H,20,21);1-4H. The molecule has 1 saturated heterocycles. The number of amides is 2. The number of likely N-dealkylation sites (tertiary alicyclic amines) is 1. The highest BCUT2D eigenvalue weighted by Gasteiger charge is 2.52. The Morgan fingerprint density at radius 2 is 1.72 bits per heavy atom.